The number of phosphoric ester groups is 1. The fraction of sp³-hybridized carbons (Fsp3) is 0.979. The first-order valence-electron chi connectivity index (χ1n) is 24.4. The van der Waals surface area contributed by atoms with Gasteiger partial charge >= 0.3 is 7.82 Å². The van der Waals surface area contributed by atoms with Crippen LogP contribution in [0.25, 0.3) is 0 Å². The smallest absolute Gasteiger partial charge is 0.391 e. The molecule has 56 heavy (non-hydrogen) atoms. The number of carbonyl (C=O) groups is 1. The molecule has 8 nitrogen and oxygen atoms in total. The number of likely N-dealkylation sites (N-methyl/N-ethyl adjacent to an activating group) is 1. The fourth-order valence-electron chi connectivity index (χ4n) is 7.46. The molecule has 3 unspecified atom stereocenters. The van der Waals surface area contributed by atoms with Crippen LogP contribution in [0.5, 0.6) is 0 Å². The molecule has 0 saturated carbocycles. The summed E-state index contributed by atoms with van der Waals surface area (Å²) in [5.41, 5.74) is 0. The van der Waals surface area contributed by atoms with E-state index in [1.54, 1.807) is 0 Å². The van der Waals surface area contributed by atoms with E-state index in [1.165, 1.54) is 180 Å². The molecule has 0 bridgehead atoms. The third kappa shape index (κ3) is 41.7. The SMILES string of the molecule is CCCCCCCCCCCCCCCCCCCC(=O)NC(COP(=O)(O)OCC[N+](C)(C)C)C(O)CCCCCCCCCCCCCCCCCCC. The number of aliphatic hydroxyl groups is 1. The molecule has 0 saturated heterocycles. The number of hydrogen-bond acceptors (Lipinski definition) is 5. The minimum absolute atomic E-state index is 0.0788. The molecule has 0 spiro atoms. The molecule has 3 N–H and O–H groups in total. The van der Waals surface area contributed by atoms with Crippen LogP contribution in [0.2, 0.25) is 0 Å². The number of hydrogen-bond donors (Lipinski definition) is 3. The highest BCUT2D eigenvalue weighted by Gasteiger charge is 2.28. The number of phosphoric acid groups is 1. The molecule has 1 amide bonds. The molecule has 3 atom stereocenters. The van der Waals surface area contributed by atoms with Gasteiger partial charge in [-0.1, -0.05) is 226 Å². The summed E-state index contributed by atoms with van der Waals surface area (Å²) in [6.07, 6.45) is 44.1. The minimum Gasteiger partial charge on any atom is -0.391 e. The number of aliphatic hydroxyl groups excluding tert-OH is 1. The second-order valence-corrected chi connectivity index (χ2v) is 19.7. The van der Waals surface area contributed by atoms with Crippen molar-refractivity contribution in [1.82, 2.24) is 5.32 Å². The number of quaternary nitrogens is 1. The zero-order valence-electron chi connectivity index (χ0n) is 38.2. The standard InChI is InChI=1S/C47H97N2O6P/c1-6-8-10-12-14-16-18-20-22-24-26-28-30-32-34-36-38-40-46(50)45(44-55-56(52,53)54-43-42-49(3,4)5)48-47(51)41-39-37-35-33-31-29-27-25-23-21-19-17-15-13-11-9-7-2/h45-46,50H,6-44H2,1-5H3,(H-,48,51,52,53)/p+1. The minimum atomic E-state index is -4.31. The predicted molar refractivity (Wildman–Crippen MR) is 240 cm³/mol. The lowest BCUT2D eigenvalue weighted by atomic mass is 10.0. The van der Waals surface area contributed by atoms with E-state index in [0.717, 1.165) is 38.5 Å². The lowest BCUT2D eigenvalue weighted by molar-refractivity contribution is -0.870. The summed E-state index contributed by atoms with van der Waals surface area (Å²) in [7, 11) is 1.63. The molecule has 0 aromatic rings. The fourth-order valence-corrected chi connectivity index (χ4v) is 8.20. The maximum atomic E-state index is 12.9. The third-order valence-electron chi connectivity index (χ3n) is 11.4. The summed E-state index contributed by atoms with van der Waals surface area (Å²) < 4.78 is 23.7. The van der Waals surface area contributed by atoms with Gasteiger partial charge in [0.05, 0.1) is 39.9 Å². The van der Waals surface area contributed by atoms with Crippen molar-refractivity contribution in [2.24, 2.45) is 0 Å². The van der Waals surface area contributed by atoms with Gasteiger partial charge in [-0.25, -0.2) is 4.57 Å². The summed E-state index contributed by atoms with van der Waals surface area (Å²) in [4.78, 5) is 23.2. The van der Waals surface area contributed by atoms with Crippen LogP contribution < -0.4 is 5.32 Å². The molecule has 0 rings (SSSR count). The van der Waals surface area contributed by atoms with E-state index >= 15 is 0 Å². The lowest BCUT2D eigenvalue weighted by Crippen LogP contribution is -2.46. The van der Waals surface area contributed by atoms with Crippen LogP contribution in [0.3, 0.4) is 0 Å². The van der Waals surface area contributed by atoms with Crippen LogP contribution in [0, 0.1) is 0 Å². The van der Waals surface area contributed by atoms with Crippen molar-refractivity contribution < 1.29 is 32.9 Å². The van der Waals surface area contributed by atoms with E-state index in [0.29, 0.717) is 23.9 Å². The Balaban J connectivity index is 4.27. The molecule has 0 radical (unpaired) electrons. The number of nitrogens with zero attached hydrogens (tertiary/aromatic N) is 1. The molecular weight excluding hydrogens is 719 g/mol. The monoisotopic (exact) mass is 818 g/mol. The van der Waals surface area contributed by atoms with E-state index in [-0.39, 0.29) is 19.1 Å². The van der Waals surface area contributed by atoms with Gasteiger partial charge in [-0.05, 0) is 12.8 Å². The third-order valence-corrected chi connectivity index (χ3v) is 12.3. The van der Waals surface area contributed by atoms with Gasteiger partial charge in [0.1, 0.15) is 13.2 Å². The van der Waals surface area contributed by atoms with Crippen molar-refractivity contribution in [2.45, 2.75) is 257 Å². The molecule has 0 fully saturated rings. The normalized spacial score (nSPS) is 14.2. The van der Waals surface area contributed by atoms with Crippen molar-refractivity contribution >= 4 is 13.7 Å². The van der Waals surface area contributed by atoms with Gasteiger partial charge < -0.3 is 19.8 Å². The second kappa shape index (κ2) is 39.9. The Kier molecular flexibility index (Phi) is 39.6. The Morgan fingerprint density at radius 1 is 0.536 bits per heavy atom. The number of rotatable bonds is 45. The first-order chi connectivity index (χ1) is 27.0. The van der Waals surface area contributed by atoms with E-state index in [9.17, 15) is 19.4 Å². The second-order valence-electron chi connectivity index (χ2n) is 18.2. The van der Waals surface area contributed by atoms with Gasteiger partial charge in [0.2, 0.25) is 5.91 Å². The summed E-state index contributed by atoms with van der Waals surface area (Å²) in [6, 6.07) is -0.753. The summed E-state index contributed by atoms with van der Waals surface area (Å²) in [5.74, 6) is -0.139. The highest BCUT2D eigenvalue weighted by Crippen LogP contribution is 2.43. The van der Waals surface area contributed by atoms with E-state index in [4.69, 9.17) is 9.05 Å². The zero-order valence-corrected chi connectivity index (χ0v) is 39.0. The molecule has 336 valence electrons. The van der Waals surface area contributed by atoms with Crippen LogP contribution >= 0.6 is 7.82 Å². The Hall–Kier alpha value is -0.500. The van der Waals surface area contributed by atoms with Crippen LogP contribution in [-0.2, 0) is 18.4 Å². The lowest BCUT2D eigenvalue weighted by Gasteiger charge is -2.26. The van der Waals surface area contributed by atoms with Crippen LogP contribution in [0.1, 0.15) is 245 Å². The molecule has 0 aliphatic carbocycles. The van der Waals surface area contributed by atoms with Crippen LogP contribution in [-0.4, -0.2) is 73.4 Å². The molecule has 0 aliphatic heterocycles. The maximum absolute atomic E-state index is 12.9. The molecule has 0 aromatic carbocycles. The average molecular weight is 818 g/mol. The predicted octanol–water partition coefficient (Wildman–Crippen LogP) is 13.8. The average Bonchev–Trinajstić information content (AvgIpc) is 3.15. The first-order valence-corrected chi connectivity index (χ1v) is 25.9. The van der Waals surface area contributed by atoms with Gasteiger partial charge in [0.25, 0.3) is 0 Å². The van der Waals surface area contributed by atoms with Gasteiger partial charge in [0.15, 0.2) is 0 Å². The van der Waals surface area contributed by atoms with E-state index in [1.807, 2.05) is 21.1 Å². The number of amides is 1. The number of nitrogens with one attached hydrogen (secondary N) is 1. The molecule has 0 aliphatic rings. The van der Waals surface area contributed by atoms with Crippen LogP contribution in [0.15, 0.2) is 0 Å². The number of unbranched alkanes of at least 4 members (excludes halogenated alkanes) is 32. The topological polar surface area (TPSA) is 105 Å². The zero-order chi connectivity index (χ0) is 41.4. The molecule has 9 heteroatoms. The maximum Gasteiger partial charge on any atom is 0.472 e. The quantitative estimate of drug-likeness (QED) is 0.0321. The van der Waals surface area contributed by atoms with Crippen LogP contribution in [0.4, 0.5) is 0 Å². The summed E-state index contributed by atoms with van der Waals surface area (Å²) in [5, 5.41) is 14.0. The molecule has 0 heterocycles. The van der Waals surface area contributed by atoms with E-state index in [2.05, 4.69) is 19.2 Å². The van der Waals surface area contributed by atoms with Crippen molar-refractivity contribution in [2.75, 3.05) is 40.9 Å². The van der Waals surface area contributed by atoms with Gasteiger partial charge in [0, 0.05) is 6.42 Å². The highest BCUT2D eigenvalue weighted by molar-refractivity contribution is 7.47. The largest absolute Gasteiger partial charge is 0.472 e. The van der Waals surface area contributed by atoms with Gasteiger partial charge in [-0.15, -0.1) is 0 Å². The van der Waals surface area contributed by atoms with Crippen molar-refractivity contribution in [3.05, 3.63) is 0 Å². The van der Waals surface area contributed by atoms with Crippen molar-refractivity contribution in [1.29, 1.82) is 0 Å². The van der Waals surface area contributed by atoms with Crippen molar-refractivity contribution in [3.63, 3.8) is 0 Å². The molecular formula is C47H98N2O6P+. The Morgan fingerprint density at radius 3 is 1.20 bits per heavy atom. The number of carbonyl (C=O) groups excluding carboxylic acids is 1. The van der Waals surface area contributed by atoms with Crippen molar-refractivity contribution in [3.8, 4) is 0 Å². The van der Waals surface area contributed by atoms with Gasteiger partial charge in [-0.2, -0.15) is 0 Å². The summed E-state index contributed by atoms with van der Waals surface area (Å²) >= 11 is 0. The first kappa shape index (κ1) is 55.5. The van der Waals surface area contributed by atoms with E-state index < -0.39 is 20.0 Å². The summed E-state index contributed by atoms with van der Waals surface area (Å²) in [6.45, 7) is 4.92. The Bertz CT molecular complexity index is 885. The van der Waals surface area contributed by atoms with Gasteiger partial charge in [-0.3, -0.25) is 13.8 Å². The highest BCUT2D eigenvalue weighted by atomic mass is 31.2. The Labute approximate surface area is 349 Å². The Morgan fingerprint density at radius 2 is 0.857 bits per heavy atom. The molecule has 0 aromatic heterocycles.